The maximum absolute atomic E-state index is 12.1. The average molecular weight is 244 g/mol. The molecule has 1 aliphatic rings. The molecule has 0 aromatic heterocycles. The molecular weight excluding hydrogens is 228 g/mol. The minimum absolute atomic E-state index is 0.0812. The minimum atomic E-state index is -2.83. The lowest BCUT2D eigenvalue weighted by molar-refractivity contribution is -0.683. The van der Waals surface area contributed by atoms with Crippen LogP contribution in [-0.2, 0) is 6.54 Å². The van der Waals surface area contributed by atoms with Crippen molar-refractivity contribution < 1.29 is 23.6 Å². The van der Waals surface area contributed by atoms with E-state index in [1.807, 2.05) is 0 Å². The summed E-state index contributed by atoms with van der Waals surface area (Å²) in [5.41, 5.74) is 1.05. The van der Waals surface area contributed by atoms with Crippen molar-refractivity contribution in [3.8, 4) is 11.5 Å². The summed E-state index contributed by atoms with van der Waals surface area (Å²) >= 11 is 0. The van der Waals surface area contributed by atoms with Gasteiger partial charge in [-0.25, -0.2) is 0 Å². The maximum Gasteiger partial charge on any atom is 0.387 e. The molecule has 0 heterocycles. The maximum atomic E-state index is 12.1. The molecule has 0 amide bonds. The largest absolute Gasteiger partial charge is 0.493 e. The number of alkyl halides is 2. The van der Waals surface area contributed by atoms with Gasteiger partial charge in [0.15, 0.2) is 11.5 Å². The first kappa shape index (κ1) is 12.1. The Morgan fingerprint density at radius 2 is 2.12 bits per heavy atom. The number of methoxy groups -OCH3 is 1. The standard InChI is InChI=1S/C12H15F2NO2/c1-16-11-6-8(7-15-9-3-4-9)2-5-10(11)17-12(13)14/h2,5-6,9,12,15H,3-4,7H2,1H3/p+1. The molecule has 0 spiro atoms. The zero-order chi connectivity index (χ0) is 12.3. The summed E-state index contributed by atoms with van der Waals surface area (Å²) in [5.74, 6) is 0.435. The lowest BCUT2D eigenvalue weighted by atomic mass is 10.2. The van der Waals surface area contributed by atoms with E-state index in [0.29, 0.717) is 5.75 Å². The fraction of sp³-hybridized carbons (Fsp3) is 0.500. The van der Waals surface area contributed by atoms with Gasteiger partial charge in [-0.05, 0) is 18.2 Å². The highest BCUT2D eigenvalue weighted by molar-refractivity contribution is 5.42. The van der Waals surface area contributed by atoms with E-state index in [0.717, 1.165) is 18.2 Å². The predicted octanol–water partition coefficient (Wildman–Crippen LogP) is 1.52. The molecule has 0 aliphatic heterocycles. The Balaban J connectivity index is 2.03. The van der Waals surface area contributed by atoms with E-state index >= 15 is 0 Å². The summed E-state index contributed by atoms with van der Waals surface area (Å²) in [4.78, 5) is 0. The molecule has 2 N–H and O–H groups in total. The molecule has 94 valence electrons. The fourth-order valence-electron chi connectivity index (χ4n) is 1.67. The van der Waals surface area contributed by atoms with Gasteiger partial charge in [-0.1, -0.05) is 0 Å². The fourth-order valence-corrected chi connectivity index (χ4v) is 1.67. The van der Waals surface area contributed by atoms with Crippen LogP contribution in [0.5, 0.6) is 11.5 Å². The molecule has 3 nitrogen and oxygen atoms in total. The van der Waals surface area contributed by atoms with Gasteiger partial charge in [0.1, 0.15) is 6.54 Å². The van der Waals surface area contributed by atoms with Crippen LogP contribution in [-0.4, -0.2) is 19.8 Å². The topological polar surface area (TPSA) is 35.1 Å². The number of hydrogen-bond donors (Lipinski definition) is 1. The van der Waals surface area contributed by atoms with Crippen molar-refractivity contribution in [3.63, 3.8) is 0 Å². The number of halogens is 2. The van der Waals surface area contributed by atoms with Gasteiger partial charge < -0.3 is 14.8 Å². The molecule has 17 heavy (non-hydrogen) atoms. The monoisotopic (exact) mass is 244 g/mol. The van der Waals surface area contributed by atoms with Gasteiger partial charge >= 0.3 is 6.61 Å². The summed E-state index contributed by atoms with van der Waals surface area (Å²) in [5, 5.41) is 2.25. The molecule has 0 saturated heterocycles. The molecule has 5 heteroatoms. The van der Waals surface area contributed by atoms with Crippen LogP contribution in [0.25, 0.3) is 0 Å². The van der Waals surface area contributed by atoms with Crippen LogP contribution in [0.2, 0.25) is 0 Å². The Bertz CT molecular complexity index is 381. The van der Waals surface area contributed by atoms with Crippen molar-refractivity contribution in [1.29, 1.82) is 0 Å². The van der Waals surface area contributed by atoms with E-state index in [2.05, 4.69) is 10.1 Å². The Morgan fingerprint density at radius 3 is 2.71 bits per heavy atom. The number of ether oxygens (including phenoxy) is 2. The molecule has 0 atom stereocenters. The predicted molar refractivity (Wildman–Crippen MR) is 58.3 cm³/mol. The van der Waals surface area contributed by atoms with Crippen molar-refractivity contribution in [3.05, 3.63) is 23.8 Å². The quantitative estimate of drug-likeness (QED) is 0.823. The molecule has 2 rings (SSSR count). The number of rotatable bonds is 6. The van der Waals surface area contributed by atoms with Gasteiger partial charge in [0, 0.05) is 18.4 Å². The second kappa shape index (κ2) is 5.31. The van der Waals surface area contributed by atoms with Gasteiger partial charge in [-0.3, -0.25) is 0 Å². The normalized spacial score (nSPS) is 15.1. The summed E-state index contributed by atoms with van der Waals surface area (Å²) < 4.78 is 33.6. The highest BCUT2D eigenvalue weighted by Gasteiger charge is 2.24. The Labute approximate surface area is 98.7 Å². The van der Waals surface area contributed by atoms with E-state index < -0.39 is 6.61 Å². The highest BCUT2D eigenvalue weighted by atomic mass is 19.3. The van der Waals surface area contributed by atoms with E-state index in [1.165, 1.54) is 26.0 Å². The molecule has 1 aromatic rings. The lowest BCUT2D eigenvalue weighted by Gasteiger charge is -2.10. The Hall–Kier alpha value is -1.36. The van der Waals surface area contributed by atoms with Crippen LogP contribution in [0.1, 0.15) is 18.4 Å². The van der Waals surface area contributed by atoms with Crippen molar-refractivity contribution >= 4 is 0 Å². The van der Waals surface area contributed by atoms with Crippen molar-refractivity contribution in [2.75, 3.05) is 7.11 Å². The van der Waals surface area contributed by atoms with Gasteiger partial charge in [-0.2, -0.15) is 8.78 Å². The second-order valence-electron chi connectivity index (χ2n) is 4.14. The number of quaternary nitrogens is 1. The summed E-state index contributed by atoms with van der Waals surface area (Å²) in [6.45, 7) is -1.98. The Kier molecular flexibility index (Phi) is 3.78. The molecule has 0 bridgehead atoms. The second-order valence-corrected chi connectivity index (χ2v) is 4.14. The average Bonchev–Trinajstić information content (AvgIpc) is 3.11. The SMILES string of the molecule is COc1cc(C[NH2+]C2CC2)ccc1OC(F)F. The zero-order valence-electron chi connectivity index (χ0n) is 9.66. The molecule has 0 unspecified atom stereocenters. The Morgan fingerprint density at radius 1 is 1.35 bits per heavy atom. The van der Waals surface area contributed by atoms with Crippen LogP contribution in [0.15, 0.2) is 18.2 Å². The zero-order valence-corrected chi connectivity index (χ0v) is 9.66. The molecule has 1 aliphatic carbocycles. The van der Waals surface area contributed by atoms with Gasteiger partial charge in [0.25, 0.3) is 0 Å². The van der Waals surface area contributed by atoms with Gasteiger partial charge in [0.2, 0.25) is 0 Å². The first-order valence-corrected chi connectivity index (χ1v) is 5.64. The molecular formula is C12H16F2NO2+. The molecule has 1 saturated carbocycles. The first-order valence-electron chi connectivity index (χ1n) is 5.64. The number of hydrogen-bond acceptors (Lipinski definition) is 2. The van der Waals surface area contributed by atoms with Gasteiger partial charge in [-0.15, -0.1) is 0 Å². The van der Waals surface area contributed by atoms with Crippen LogP contribution in [0, 0.1) is 0 Å². The van der Waals surface area contributed by atoms with E-state index in [9.17, 15) is 8.78 Å². The highest BCUT2D eigenvalue weighted by Crippen LogP contribution is 2.29. The van der Waals surface area contributed by atoms with Crippen LogP contribution in [0.4, 0.5) is 8.78 Å². The van der Waals surface area contributed by atoms with Crippen LogP contribution in [0.3, 0.4) is 0 Å². The lowest BCUT2D eigenvalue weighted by Crippen LogP contribution is -2.84. The van der Waals surface area contributed by atoms with Crippen LogP contribution < -0.4 is 14.8 Å². The van der Waals surface area contributed by atoms with E-state index in [4.69, 9.17) is 4.74 Å². The van der Waals surface area contributed by atoms with Gasteiger partial charge in [0.05, 0.1) is 13.2 Å². The van der Waals surface area contributed by atoms with Crippen LogP contribution >= 0.6 is 0 Å². The van der Waals surface area contributed by atoms with Crippen molar-refractivity contribution in [2.45, 2.75) is 32.0 Å². The summed E-state index contributed by atoms with van der Waals surface area (Å²) in [6.07, 6.45) is 2.54. The summed E-state index contributed by atoms with van der Waals surface area (Å²) in [6, 6.07) is 5.80. The first-order chi connectivity index (χ1) is 8.19. The molecule has 1 aromatic carbocycles. The number of benzene rings is 1. The minimum Gasteiger partial charge on any atom is -0.493 e. The van der Waals surface area contributed by atoms with E-state index in [-0.39, 0.29) is 5.75 Å². The molecule has 1 fully saturated rings. The van der Waals surface area contributed by atoms with Crippen molar-refractivity contribution in [2.24, 2.45) is 0 Å². The third-order valence-corrected chi connectivity index (χ3v) is 2.75. The van der Waals surface area contributed by atoms with E-state index in [1.54, 1.807) is 12.1 Å². The smallest absolute Gasteiger partial charge is 0.387 e. The summed E-state index contributed by atoms with van der Waals surface area (Å²) in [7, 11) is 1.45. The number of nitrogens with two attached hydrogens (primary N) is 1. The third kappa shape index (κ3) is 3.56. The molecule has 0 radical (unpaired) electrons. The van der Waals surface area contributed by atoms with Crippen molar-refractivity contribution in [1.82, 2.24) is 0 Å². The third-order valence-electron chi connectivity index (χ3n) is 2.75.